The smallest absolute Gasteiger partial charge is 0.0522 e. The topological polar surface area (TPSA) is 29.9 Å². The van der Waals surface area contributed by atoms with E-state index in [1.54, 1.807) is 0 Å². The maximum Gasteiger partial charge on any atom is 0.0522 e. The number of aryl methyl sites for hydroxylation is 1. The largest absolute Gasteiger partial charge is 0.317 e. The van der Waals surface area contributed by atoms with Gasteiger partial charge in [0.1, 0.15) is 0 Å². The van der Waals surface area contributed by atoms with Crippen LogP contribution in [0.4, 0.5) is 0 Å². The minimum Gasteiger partial charge on any atom is -0.317 e. The Hall–Kier alpha value is -0.830. The average molecular weight is 167 g/mol. The van der Waals surface area contributed by atoms with Crippen LogP contribution in [0.3, 0.4) is 0 Å². The van der Waals surface area contributed by atoms with E-state index in [9.17, 15) is 0 Å². The maximum atomic E-state index is 4.20. The Morgan fingerprint density at radius 2 is 2.33 bits per heavy atom. The van der Waals surface area contributed by atoms with Gasteiger partial charge in [-0.3, -0.25) is 4.68 Å². The van der Waals surface area contributed by atoms with Gasteiger partial charge in [-0.15, -0.1) is 0 Å². The fraction of sp³-hybridized carbons (Fsp3) is 0.667. The van der Waals surface area contributed by atoms with Gasteiger partial charge in [-0.2, -0.15) is 5.10 Å². The molecule has 1 heterocycles. The molecule has 0 radical (unpaired) electrons. The van der Waals surface area contributed by atoms with Gasteiger partial charge in [0.05, 0.1) is 6.20 Å². The van der Waals surface area contributed by atoms with E-state index in [-0.39, 0.29) is 0 Å². The van der Waals surface area contributed by atoms with E-state index in [4.69, 9.17) is 0 Å². The van der Waals surface area contributed by atoms with Crippen molar-refractivity contribution in [1.29, 1.82) is 0 Å². The van der Waals surface area contributed by atoms with Crippen molar-refractivity contribution in [2.24, 2.45) is 0 Å². The molecule has 0 saturated heterocycles. The summed E-state index contributed by atoms with van der Waals surface area (Å²) in [4.78, 5) is 0. The van der Waals surface area contributed by atoms with Crippen LogP contribution < -0.4 is 5.32 Å². The molecule has 1 aromatic heterocycles. The summed E-state index contributed by atoms with van der Waals surface area (Å²) in [6, 6.07) is 0. The quantitative estimate of drug-likeness (QED) is 0.664. The summed E-state index contributed by atoms with van der Waals surface area (Å²) < 4.78 is 1.96. The molecule has 0 unspecified atom stereocenters. The van der Waals surface area contributed by atoms with E-state index >= 15 is 0 Å². The molecule has 0 aromatic carbocycles. The predicted molar refractivity (Wildman–Crippen MR) is 50.1 cm³/mol. The number of hydrogen-bond acceptors (Lipinski definition) is 2. The molecular formula is C9H17N3. The number of nitrogens with one attached hydrogen (secondary N) is 1. The monoisotopic (exact) mass is 167 g/mol. The number of hydrogen-bond donors (Lipinski definition) is 1. The van der Waals surface area contributed by atoms with Crippen LogP contribution in [0.2, 0.25) is 0 Å². The molecule has 0 fully saturated rings. The summed E-state index contributed by atoms with van der Waals surface area (Å²) in [6.45, 7) is 7.27. The van der Waals surface area contributed by atoms with Crippen LogP contribution >= 0.6 is 0 Å². The number of nitrogens with zero attached hydrogens (tertiary/aromatic N) is 2. The Labute approximate surface area is 73.8 Å². The zero-order chi connectivity index (χ0) is 8.81. The van der Waals surface area contributed by atoms with Crippen molar-refractivity contribution in [2.75, 3.05) is 13.1 Å². The normalized spacial score (nSPS) is 10.5. The Balaban J connectivity index is 2.31. The third kappa shape index (κ3) is 2.66. The molecule has 1 rings (SSSR count). The molecule has 3 nitrogen and oxygen atoms in total. The number of likely N-dealkylation sites (N-methyl/N-ethyl adjacent to an activating group) is 1. The van der Waals surface area contributed by atoms with Gasteiger partial charge in [0.25, 0.3) is 0 Å². The summed E-state index contributed by atoms with van der Waals surface area (Å²) in [5, 5.41) is 7.49. The van der Waals surface area contributed by atoms with Gasteiger partial charge in [0, 0.05) is 12.7 Å². The van der Waals surface area contributed by atoms with Crippen LogP contribution in [0.5, 0.6) is 0 Å². The fourth-order valence-electron chi connectivity index (χ4n) is 1.12. The summed E-state index contributed by atoms with van der Waals surface area (Å²) in [6.07, 6.45) is 5.13. The van der Waals surface area contributed by atoms with Gasteiger partial charge >= 0.3 is 0 Å². The number of aromatic nitrogens is 2. The lowest BCUT2D eigenvalue weighted by molar-refractivity contribution is 0.658. The zero-order valence-corrected chi connectivity index (χ0v) is 7.88. The predicted octanol–water partition coefficient (Wildman–Crippen LogP) is 1.05. The summed E-state index contributed by atoms with van der Waals surface area (Å²) in [7, 11) is 0. The van der Waals surface area contributed by atoms with E-state index in [0.29, 0.717) is 0 Å². The highest BCUT2D eigenvalue weighted by Gasteiger charge is 1.95. The molecule has 1 aromatic rings. The third-order valence-corrected chi connectivity index (χ3v) is 1.85. The van der Waals surface area contributed by atoms with E-state index in [1.807, 2.05) is 10.9 Å². The lowest BCUT2D eigenvalue weighted by Crippen LogP contribution is -2.15. The van der Waals surface area contributed by atoms with Crippen molar-refractivity contribution in [3.8, 4) is 0 Å². The highest BCUT2D eigenvalue weighted by Crippen LogP contribution is 1.97. The second-order valence-corrected chi connectivity index (χ2v) is 2.81. The van der Waals surface area contributed by atoms with Gasteiger partial charge in [0.15, 0.2) is 0 Å². The van der Waals surface area contributed by atoms with Crippen LogP contribution in [0, 0.1) is 0 Å². The third-order valence-electron chi connectivity index (χ3n) is 1.85. The van der Waals surface area contributed by atoms with E-state index in [2.05, 4.69) is 30.5 Å². The first-order chi connectivity index (χ1) is 5.86. The molecule has 3 heteroatoms. The van der Waals surface area contributed by atoms with Crippen LogP contribution in [-0.4, -0.2) is 22.9 Å². The molecule has 0 amide bonds. The molecule has 68 valence electrons. The van der Waals surface area contributed by atoms with Gasteiger partial charge < -0.3 is 5.32 Å². The number of rotatable bonds is 5. The highest BCUT2D eigenvalue weighted by atomic mass is 15.3. The first-order valence-electron chi connectivity index (χ1n) is 4.58. The van der Waals surface area contributed by atoms with Crippen LogP contribution in [-0.2, 0) is 13.0 Å². The molecule has 0 spiro atoms. The van der Waals surface area contributed by atoms with Crippen molar-refractivity contribution < 1.29 is 0 Å². The van der Waals surface area contributed by atoms with E-state index in [0.717, 1.165) is 26.1 Å². The molecule has 0 saturated carbocycles. The van der Waals surface area contributed by atoms with Crippen LogP contribution in [0.25, 0.3) is 0 Å². The lowest BCUT2D eigenvalue weighted by Gasteiger charge is -1.97. The summed E-state index contributed by atoms with van der Waals surface area (Å²) in [5.74, 6) is 0. The SMILES string of the molecule is CCNCCc1cnn(CC)c1. The molecule has 0 aliphatic heterocycles. The highest BCUT2D eigenvalue weighted by molar-refractivity contribution is 5.04. The molecule has 0 aliphatic rings. The Bertz CT molecular complexity index is 217. The molecule has 0 atom stereocenters. The standard InChI is InChI=1S/C9H17N3/c1-3-10-6-5-9-7-11-12(4-2)8-9/h7-8,10H,3-6H2,1-2H3. The minimum absolute atomic E-state index is 0.960. The van der Waals surface area contributed by atoms with Crippen molar-refractivity contribution in [1.82, 2.24) is 15.1 Å². The minimum atomic E-state index is 0.960. The van der Waals surface area contributed by atoms with Crippen LogP contribution in [0.1, 0.15) is 19.4 Å². The lowest BCUT2D eigenvalue weighted by atomic mass is 10.2. The molecular weight excluding hydrogens is 150 g/mol. The van der Waals surface area contributed by atoms with Gasteiger partial charge in [0.2, 0.25) is 0 Å². The summed E-state index contributed by atoms with van der Waals surface area (Å²) in [5.41, 5.74) is 1.32. The maximum absolute atomic E-state index is 4.20. The van der Waals surface area contributed by atoms with Crippen molar-refractivity contribution in [3.63, 3.8) is 0 Å². The first-order valence-corrected chi connectivity index (χ1v) is 4.58. The van der Waals surface area contributed by atoms with Gasteiger partial charge in [-0.25, -0.2) is 0 Å². The van der Waals surface area contributed by atoms with E-state index < -0.39 is 0 Å². The second kappa shape index (κ2) is 4.93. The zero-order valence-electron chi connectivity index (χ0n) is 7.88. The van der Waals surface area contributed by atoms with Gasteiger partial charge in [-0.1, -0.05) is 6.92 Å². The first kappa shape index (κ1) is 9.26. The molecule has 12 heavy (non-hydrogen) atoms. The van der Waals surface area contributed by atoms with Crippen LogP contribution in [0.15, 0.2) is 12.4 Å². The Morgan fingerprint density at radius 1 is 1.50 bits per heavy atom. The Morgan fingerprint density at radius 3 is 2.92 bits per heavy atom. The Kier molecular flexibility index (Phi) is 3.80. The van der Waals surface area contributed by atoms with Crippen molar-refractivity contribution in [2.45, 2.75) is 26.8 Å². The average Bonchev–Trinajstić information content (AvgIpc) is 2.53. The molecule has 0 bridgehead atoms. The molecule has 1 N–H and O–H groups in total. The molecule has 0 aliphatic carbocycles. The fourth-order valence-corrected chi connectivity index (χ4v) is 1.12. The second-order valence-electron chi connectivity index (χ2n) is 2.81. The van der Waals surface area contributed by atoms with Crippen molar-refractivity contribution >= 4 is 0 Å². The van der Waals surface area contributed by atoms with Crippen molar-refractivity contribution in [3.05, 3.63) is 18.0 Å². The van der Waals surface area contributed by atoms with E-state index in [1.165, 1.54) is 5.56 Å². The van der Waals surface area contributed by atoms with Gasteiger partial charge in [-0.05, 0) is 32.0 Å². The summed E-state index contributed by atoms with van der Waals surface area (Å²) >= 11 is 0.